The zero-order valence-electron chi connectivity index (χ0n) is 17.0. The number of rotatable bonds is 6. The van der Waals surface area contributed by atoms with Gasteiger partial charge in [-0.1, -0.05) is 61.4 Å². The van der Waals surface area contributed by atoms with Crippen molar-refractivity contribution in [3.8, 4) is 5.69 Å². The number of hydrogen-bond donors (Lipinski definition) is 1. The molecule has 0 bridgehead atoms. The van der Waals surface area contributed by atoms with Crippen LogP contribution in [0.1, 0.15) is 43.5 Å². The smallest absolute Gasteiger partial charge is 0.231 e. The van der Waals surface area contributed by atoms with Crippen LogP contribution in [0.2, 0.25) is 0 Å². The van der Waals surface area contributed by atoms with Crippen molar-refractivity contribution in [2.24, 2.45) is 0 Å². The van der Waals surface area contributed by atoms with E-state index in [4.69, 9.17) is 0 Å². The first-order valence-electron chi connectivity index (χ1n) is 10.2. The van der Waals surface area contributed by atoms with Crippen LogP contribution in [0.5, 0.6) is 0 Å². The second-order valence-electron chi connectivity index (χ2n) is 7.61. The van der Waals surface area contributed by atoms with Crippen LogP contribution in [0, 0.1) is 5.82 Å². The summed E-state index contributed by atoms with van der Waals surface area (Å²) in [5, 5.41) is 12.3. The number of aromatic nitrogens is 3. The molecule has 0 atom stereocenters. The highest BCUT2D eigenvalue weighted by molar-refractivity contribution is 7.98. The molecule has 0 spiro atoms. The predicted molar refractivity (Wildman–Crippen MR) is 116 cm³/mol. The van der Waals surface area contributed by atoms with Crippen molar-refractivity contribution < 1.29 is 9.18 Å². The van der Waals surface area contributed by atoms with E-state index in [0.29, 0.717) is 11.0 Å². The van der Waals surface area contributed by atoms with Gasteiger partial charge in [-0.15, -0.1) is 10.2 Å². The molecule has 1 saturated carbocycles. The van der Waals surface area contributed by atoms with Crippen LogP contribution in [-0.4, -0.2) is 26.9 Å². The van der Waals surface area contributed by atoms with Crippen molar-refractivity contribution >= 4 is 17.7 Å². The number of hydrogen-bond acceptors (Lipinski definition) is 4. The van der Waals surface area contributed by atoms with Gasteiger partial charge in [0.15, 0.2) is 11.0 Å². The largest absolute Gasteiger partial charge is 0.348 e. The highest BCUT2D eigenvalue weighted by atomic mass is 32.2. The molecule has 1 N–H and O–H groups in total. The summed E-state index contributed by atoms with van der Waals surface area (Å²) in [5.74, 6) is 0.362. The van der Waals surface area contributed by atoms with Crippen LogP contribution >= 0.6 is 11.8 Å². The Hall–Kier alpha value is -2.67. The van der Waals surface area contributed by atoms with E-state index in [9.17, 15) is 9.18 Å². The van der Waals surface area contributed by atoms with Crippen LogP contribution in [-0.2, 0) is 16.8 Å². The van der Waals surface area contributed by atoms with Crippen molar-refractivity contribution in [3.05, 3.63) is 71.8 Å². The highest BCUT2D eigenvalue weighted by Gasteiger charge is 2.40. The number of carbonyl (C=O) groups excluding carboxylic acids is 1. The quantitative estimate of drug-likeness (QED) is 0.586. The third-order valence-corrected chi connectivity index (χ3v) is 6.47. The molecule has 0 unspecified atom stereocenters. The Morgan fingerprint density at radius 1 is 1.07 bits per heavy atom. The van der Waals surface area contributed by atoms with Crippen molar-refractivity contribution in [1.29, 1.82) is 0 Å². The number of halogens is 1. The van der Waals surface area contributed by atoms with E-state index < -0.39 is 5.41 Å². The van der Waals surface area contributed by atoms with Crippen LogP contribution in [0.3, 0.4) is 0 Å². The Kier molecular flexibility index (Phi) is 6.18. The second-order valence-corrected chi connectivity index (χ2v) is 8.38. The Morgan fingerprint density at radius 3 is 2.43 bits per heavy atom. The lowest BCUT2D eigenvalue weighted by atomic mass is 9.68. The van der Waals surface area contributed by atoms with Crippen LogP contribution in [0.15, 0.2) is 59.8 Å². The number of nitrogens with one attached hydrogen (secondary N) is 1. The molecule has 30 heavy (non-hydrogen) atoms. The third-order valence-electron chi connectivity index (χ3n) is 5.84. The Labute approximate surface area is 180 Å². The molecule has 0 aliphatic heterocycles. The van der Waals surface area contributed by atoms with Gasteiger partial charge in [0, 0.05) is 5.69 Å². The van der Waals surface area contributed by atoms with Gasteiger partial charge in [0.25, 0.3) is 0 Å². The minimum atomic E-state index is -0.497. The molecule has 2 aromatic carbocycles. The molecule has 0 radical (unpaired) electrons. The van der Waals surface area contributed by atoms with Gasteiger partial charge in [-0.05, 0) is 48.9 Å². The normalized spacial score (nSPS) is 15.7. The number of benzene rings is 2. The fourth-order valence-corrected chi connectivity index (χ4v) is 4.80. The maximum absolute atomic E-state index is 13.4. The van der Waals surface area contributed by atoms with E-state index in [1.165, 1.54) is 23.9 Å². The molecule has 7 heteroatoms. The summed E-state index contributed by atoms with van der Waals surface area (Å²) in [6.45, 7) is 0.262. The van der Waals surface area contributed by atoms with Gasteiger partial charge in [0.1, 0.15) is 5.82 Å². The van der Waals surface area contributed by atoms with Gasteiger partial charge < -0.3 is 5.32 Å². The topological polar surface area (TPSA) is 59.8 Å². The number of carbonyl (C=O) groups is 1. The summed E-state index contributed by atoms with van der Waals surface area (Å²) in [7, 11) is 0. The van der Waals surface area contributed by atoms with Crippen molar-refractivity contribution in [2.45, 2.75) is 49.2 Å². The van der Waals surface area contributed by atoms with E-state index in [0.717, 1.165) is 43.4 Å². The van der Waals surface area contributed by atoms with Crippen LogP contribution in [0.4, 0.5) is 4.39 Å². The molecule has 156 valence electrons. The number of nitrogens with zero attached hydrogens (tertiary/aromatic N) is 3. The predicted octanol–water partition coefficient (Wildman–Crippen LogP) is 4.65. The Bertz CT molecular complexity index is 998. The molecule has 4 rings (SSSR count). The first-order chi connectivity index (χ1) is 14.6. The summed E-state index contributed by atoms with van der Waals surface area (Å²) in [5.41, 5.74) is 1.35. The van der Waals surface area contributed by atoms with Gasteiger partial charge in [0.05, 0.1) is 12.0 Å². The van der Waals surface area contributed by atoms with Gasteiger partial charge in [-0.25, -0.2) is 4.39 Å². The molecule has 0 saturated heterocycles. The lowest BCUT2D eigenvalue weighted by Gasteiger charge is -2.36. The number of amides is 1. The summed E-state index contributed by atoms with van der Waals surface area (Å²) < 4.78 is 15.2. The second kappa shape index (κ2) is 9.00. The molecule has 1 amide bonds. The lowest BCUT2D eigenvalue weighted by molar-refractivity contribution is -0.128. The Balaban J connectivity index is 1.59. The molecular formula is C23H25FN4OS. The standard InChI is InChI=1S/C23H25FN4OS/c1-30-22-27-26-20(28(22)19-12-10-18(24)11-13-19)16-25-21(29)23(14-6-3-7-15-23)17-8-4-2-5-9-17/h2,4-5,8-13H,3,6-7,14-16H2,1H3,(H,25,29). The first-order valence-corrected chi connectivity index (χ1v) is 11.4. The highest BCUT2D eigenvalue weighted by Crippen LogP contribution is 2.39. The first kappa shape index (κ1) is 20.6. The maximum Gasteiger partial charge on any atom is 0.231 e. The Morgan fingerprint density at radius 2 is 1.77 bits per heavy atom. The molecule has 1 aliphatic carbocycles. The number of thioether (sulfide) groups is 1. The van der Waals surface area contributed by atoms with Gasteiger partial charge in [-0.2, -0.15) is 0 Å². The molecule has 3 aromatic rings. The zero-order chi connectivity index (χ0) is 21.0. The minimum absolute atomic E-state index is 0.0350. The van der Waals surface area contributed by atoms with Crippen LogP contribution < -0.4 is 5.32 Å². The van der Waals surface area contributed by atoms with E-state index in [1.54, 1.807) is 12.1 Å². The zero-order valence-corrected chi connectivity index (χ0v) is 17.8. The van der Waals surface area contributed by atoms with Gasteiger partial charge >= 0.3 is 0 Å². The molecule has 1 fully saturated rings. The van der Waals surface area contributed by atoms with E-state index in [2.05, 4.69) is 27.6 Å². The monoisotopic (exact) mass is 424 g/mol. The average molecular weight is 425 g/mol. The molecular weight excluding hydrogens is 399 g/mol. The molecule has 5 nitrogen and oxygen atoms in total. The third kappa shape index (κ3) is 3.99. The SMILES string of the molecule is CSc1nnc(CNC(=O)C2(c3ccccc3)CCCCC2)n1-c1ccc(F)cc1. The molecule has 1 aromatic heterocycles. The van der Waals surface area contributed by atoms with Gasteiger partial charge in [-0.3, -0.25) is 9.36 Å². The van der Waals surface area contributed by atoms with Crippen molar-refractivity contribution in [1.82, 2.24) is 20.1 Å². The minimum Gasteiger partial charge on any atom is -0.348 e. The fourth-order valence-electron chi connectivity index (χ4n) is 4.28. The van der Waals surface area contributed by atoms with Crippen molar-refractivity contribution in [2.75, 3.05) is 6.26 Å². The summed E-state index contributed by atoms with van der Waals surface area (Å²) in [6, 6.07) is 16.3. The van der Waals surface area contributed by atoms with Gasteiger partial charge in [0.2, 0.25) is 5.91 Å². The lowest BCUT2D eigenvalue weighted by Crippen LogP contribution is -2.45. The fraction of sp³-hybridized carbons (Fsp3) is 0.348. The van der Waals surface area contributed by atoms with Crippen molar-refractivity contribution in [3.63, 3.8) is 0 Å². The summed E-state index contributed by atoms with van der Waals surface area (Å²) in [4.78, 5) is 13.4. The molecule has 1 aliphatic rings. The average Bonchev–Trinajstić information content (AvgIpc) is 3.22. The van der Waals surface area contributed by atoms with E-state index >= 15 is 0 Å². The molecule has 1 heterocycles. The van der Waals surface area contributed by atoms with E-state index in [-0.39, 0.29) is 18.3 Å². The summed E-state index contributed by atoms with van der Waals surface area (Å²) >= 11 is 1.46. The van der Waals surface area contributed by atoms with E-state index in [1.807, 2.05) is 29.0 Å². The summed E-state index contributed by atoms with van der Waals surface area (Å²) in [6.07, 6.45) is 6.87. The van der Waals surface area contributed by atoms with Crippen LogP contribution in [0.25, 0.3) is 5.69 Å². The maximum atomic E-state index is 13.4.